The molecular formula is C12H12N2O. The van der Waals surface area contributed by atoms with Crippen LogP contribution in [0.25, 0.3) is 0 Å². The molecule has 15 heavy (non-hydrogen) atoms. The number of anilines is 1. The van der Waals surface area contributed by atoms with Gasteiger partial charge in [0.1, 0.15) is 5.60 Å². The molecule has 3 atom stereocenters. The first-order valence-electron chi connectivity index (χ1n) is 5.45. The number of nitrogens with zero attached hydrogens (tertiary/aromatic N) is 1. The lowest BCUT2D eigenvalue weighted by atomic mass is 9.78. The molecule has 4 rings (SSSR count). The SMILES string of the molecule is C1=C[C@]23O[C@H]1C[C@H]2CNc1cccnc13. The molecule has 76 valence electrons. The van der Waals surface area contributed by atoms with Gasteiger partial charge in [-0.3, -0.25) is 4.98 Å². The van der Waals surface area contributed by atoms with Crippen molar-refractivity contribution in [2.24, 2.45) is 5.92 Å². The van der Waals surface area contributed by atoms with Crippen LogP contribution in [0.15, 0.2) is 30.5 Å². The molecule has 1 aromatic rings. The van der Waals surface area contributed by atoms with Crippen LogP contribution in [-0.2, 0) is 10.3 Å². The highest BCUT2D eigenvalue weighted by Gasteiger charge is 2.54. The number of hydrogen-bond donors (Lipinski definition) is 1. The van der Waals surface area contributed by atoms with E-state index in [2.05, 4.69) is 28.5 Å². The van der Waals surface area contributed by atoms with Crippen molar-refractivity contribution in [1.82, 2.24) is 4.98 Å². The van der Waals surface area contributed by atoms with E-state index in [0.717, 1.165) is 24.3 Å². The van der Waals surface area contributed by atoms with Gasteiger partial charge in [-0.05, 0) is 24.6 Å². The molecule has 0 unspecified atom stereocenters. The van der Waals surface area contributed by atoms with Crippen molar-refractivity contribution in [2.75, 3.05) is 11.9 Å². The van der Waals surface area contributed by atoms with E-state index < -0.39 is 0 Å². The van der Waals surface area contributed by atoms with Gasteiger partial charge in [-0.25, -0.2) is 0 Å². The summed E-state index contributed by atoms with van der Waals surface area (Å²) in [5, 5.41) is 3.44. The maximum atomic E-state index is 6.08. The van der Waals surface area contributed by atoms with Gasteiger partial charge in [0.05, 0.1) is 17.5 Å². The second-order valence-electron chi connectivity index (χ2n) is 4.52. The summed E-state index contributed by atoms with van der Waals surface area (Å²) in [4.78, 5) is 4.49. The highest BCUT2D eigenvalue weighted by atomic mass is 16.5. The van der Waals surface area contributed by atoms with E-state index in [1.807, 2.05) is 12.3 Å². The Balaban J connectivity index is 1.97. The van der Waals surface area contributed by atoms with Crippen molar-refractivity contribution in [3.05, 3.63) is 36.2 Å². The van der Waals surface area contributed by atoms with E-state index in [1.54, 1.807) is 0 Å². The Hall–Kier alpha value is -1.35. The minimum Gasteiger partial charge on any atom is -0.383 e. The van der Waals surface area contributed by atoms with Gasteiger partial charge in [0.2, 0.25) is 0 Å². The number of rotatable bonds is 0. The third kappa shape index (κ3) is 0.827. The molecule has 0 saturated carbocycles. The lowest BCUT2D eigenvalue weighted by molar-refractivity contribution is 0.00588. The molecule has 3 aliphatic rings. The predicted molar refractivity (Wildman–Crippen MR) is 56.5 cm³/mol. The first-order chi connectivity index (χ1) is 7.38. The zero-order chi connectivity index (χ0) is 9.88. The first-order valence-corrected chi connectivity index (χ1v) is 5.45. The van der Waals surface area contributed by atoms with E-state index >= 15 is 0 Å². The number of ether oxygens (including phenoxy) is 1. The molecule has 3 nitrogen and oxygen atoms in total. The molecular weight excluding hydrogens is 188 g/mol. The average Bonchev–Trinajstić information content (AvgIpc) is 2.85. The summed E-state index contributed by atoms with van der Waals surface area (Å²) in [6.07, 6.45) is 7.67. The summed E-state index contributed by atoms with van der Waals surface area (Å²) >= 11 is 0. The third-order valence-electron chi connectivity index (χ3n) is 3.74. The van der Waals surface area contributed by atoms with Crippen molar-refractivity contribution in [3.63, 3.8) is 0 Å². The molecule has 2 bridgehead atoms. The Morgan fingerprint density at radius 1 is 1.53 bits per heavy atom. The molecule has 1 saturated heterocycles. The van der Waals surface area contributed by atoms with Gasteiger partial charge in [0, 0.05) is 18.7 Å². The van der Waals surface area contributed by atoms with Crippen LogP contribution >= 0.6 is 0 Å². The van der Waals surface area contributed by atoms with Crippen molar-refractivity contribution in [3.8, 4) is 0 Å². The Labute approximate surface area is 88.2 Å². The normalized spacial score (nSPS) is 39.7. The standard InChI is InChI=1S/C12H12N2O/c1-2-10-11(13-5-1)12-4-3-9(15-12)6-8(12)7-14-10/h1-5,8-9,14H,6-7H2/t8-,9+,12-/m0/s1. The summed E-state index contributed by atoms with van der Waals surface area (Å²) in [6.45, 7) is 1.000. The largest absolute Gasteiger partial charge is 0.383 e. The van der Waals surface area contributed by atoms with Crippen molar-refractivity contribution >= 4 is 5.69 Å². The van der Waals surface area contributed by atoms with Gasteiger partial charge in [0.25, 0.3) is 0 Å². The summed E-state index contributed by atoms with van der Waals surface area (Å²) in [6, 6.07) is 4.05. The van der Waals surface area contributed by atoms with Gasteiger partial charge in [-0.1, -0.05) is 6.08 Å². The number of hydrogen-bond acceptors (Lipinski definition) is 3. The van der Waals surface area contributed by atoms with E-state index in [-0.39, 0.29) is 5.60 Å². The van der Waals surface area contributed by atoms with E-state index in [0.29, 0.717) is 12.0 Å². The van der Waals surface area contributed by atoms with Crippen LogP contribution < -0.4 is 5.32 Å². The quantitative estimate of drug-likeness (QED) is 0.647. The van der Waals surface area contributed by atoms with Gasteiger partial charge in [-0.2, -0.15) is 0 Å². The number of aromatic nitrogens is 1. The van der Waals surface area contributed by atoms with Gasteiger partial charge in [-0.15, -0.1) is 0 Å². The van der Waals surface area contributed by atoms with Crippen LogP contribution in [-0.4, -0.2) is 17.6 Å². The van der Waals surface area contributed by atoms with E-state index in [9.17, 15) is 0 Å². The third-order valence-corrected chi connectivity index (χ3v) is 3.74. The monoisotopic (exact) mass is 200 g/mol. The van der Waals surface area contributed by atoms with E-state index in [4.69, 9.17) is 4.74 Å². The molecule has 1 aromatic heterocycles. The highest BCUT2D eigenvalue weighted by Crippen LogP contribution is 2.52. The molecule has 0 amide bonds. The average molecular weight is 200 g/mol. The zero-order valence-corrected chi connectivity index (χ0v) is 8.31. The fourth-order valence-corrected chi connectivity index (χ4v) is 3.05. The van der Waals surface area contributed by atoms with Crippen molar-refractivity contribution in [1.29, 1.82) is 0 Å². The summed E-state index contributed by atoms with van der Waals surface area (Å²) in [5.74, 6) is 0.551. The predicted octanol–water partition coefficient (Wildman–Crippen LogP) is 1.68. The molecule has 0 aromatic carbocycles. The van der Waals surface area contributed by atoms with Gasteiger partial charge in [0.15, 0.2) is 0 Å². The van der Waals surface area contributed by atoms with Crippen molar-refractivity contribution in [2.45, 2.75) is 18.1 Å². The number of fused-ring (bicyclic) bond motifs is 2. The molecule has 3 aliphatic heterocycles. The van der Waals surface area contributed by atoms with Crippen LogP contribution in [0.3, 0.4) is 0 Å². The molecule has 0 aliphatic carbocycles. The topological polar surface area (TPSA) is 34.1 Å². The summed E-state index contributed by atoms with van der Waals surface area (Å²) in [5.41, 5.74) is 1.98. The second kappa shape index (κ2) is 2.42. The van der Waals surface area contributed by atoms with Crippen LogP contribution in [0.5, 0.6) is 0 Å². The maximum absolute atomic E-state index is 6.08. The Morgan fingerprint density at radius 2 is 2.53 bits per heavy atom. The maximum Gasteiger partial charge on any atom is 0.136 e. The highest BCUT2D eigenvalue weighted by molar-refractivity contribution is 5.56. The molecule has 1 N–H and O–H groups in total. The van der Waals surface area contributed by atoms with Crippen LogP contribution in [0.4, 0.5) is 5.69 Å². The smallest absolute Gasteiger partial charge is 0.136 e. The molecule has 1 spiro atoms. The Morgan fingerprint density at radius 3 is 3.47 bits per heavy atom. The first kappa shape index (κ1) is 7.88. The van der Waals surface area contributed by atoms with Crippen LogP contribution in [0, 0.1) is 5.92 Å². The minimum atomic E-state index is -0.216. The molecule has 4 heterocycles. The lowest BCUT2D eigenvalue weighted by Crippen LogP contribution is -2.39. The van der Waals surface area contributed by atoms with E-state index in [1.165, 1.54) is 0 Å². The van der Waals surface area contributed by atoms with Gasteiger partial charge >= 0.3 is 0 Å². The Bertz CT molecular complexity index is 457. The van der Waals surface area contributed by atoms with Crippen LogP contribution in [0.2, 0.25) is 0 Å². The fourth-order valence-electron chi connectivity index (χ4n) is 3.05. The summed E-state index contributed by atoms with van der Waals surface area (Å²) < 4.78 is 6.08. The molecule has 0 radical (unpaired) electrons. The van der Waals surface area contributed by atoms with Crippen molar-refractivity contribution < 1.29 is 4.74 Å². The van der Waals surface area contributed by atoms with Gasteiger partial charge < -0.3 is 10.1 Å². The summed E-state index contributed by atoms with van der Waals surface area (Å²) in [7, 11) is 0. The van der Waals surface area contributed by atoms with Crippen LogP contribution in [0.1, 0.15) is 12.1 Å². The fraction of sp³-hybridized carbons (Fsp3) is 0.417. The molecule has 1 fully saturated rings. The lowest BCUT2D eigenvalue weighted by Gasteiger charge is -2.36. The number of nitrogens with one attached hydrogen (secondary N) is 1. The zero-order valence-electron chi connectivity index (χ0n) is 8.31. The molecule has 3 heteroatoms. The second-order valence-corrected chi connectivity index (χ2v) is 4.52. The minimum absolute atomic E-state index is 0.216. The Kier molecular flexibility index (Phi) is 1.27. The number of pyridine rings is 1.